The zero-order valence-electron chi connectivity index (χ0n) is 12.5. The summed E-state index contributed by atoms with van der Waals surface area (Å²) in [6, 6.07) is 13.3. The molecule has 0 saturated carbocycles. The minimum Gasteiger partial charge on any atom is -0.323 e. The van der Waals surface area contributed by atoms with Crippen molar-refractivity contribution >= 4 is 50.9 Å². The van der Waals surface area contributed by atoms with Gasteiger partial charge in [0, 0.05) is 9.37 Å². The van der Waals surface area contributed by atoms with Crippen molar-refractivity contribution in [3.05, 3.63) is 52.5 Å². The third-order valence-corrected chi connectivity index (χ3v) is 5.21. The van der Waals surface area contributed by atoms with Crippen LogP contribution < -0.4 is 10.2 Å². The molecule has 0 spiro atoms. The molecule has 23 heavy (non-hydrogen) atoms. The Morgan fingerprint density at radius 2 is 2.09 bits per heavy atom. The monoisotopic (exact) mass is 390 g/mol. The minimum atomic E-state index is -0.165. The van der Waals surface area contributed by atoms with Gasteiger partial charge in [0.2, 0.25) is 11.8 Å². The van der Waals surface area contributed by atoms with Gasteiger partial charge >= 0.3 is 0 Å². The number of fused-ring (bicyclic) bond motifs is 1. The van der Waals surface area contributed by atoms with Crippen LogP contribution in [-0.2, 0) is 9.59 Å². The molecule has 0 saturated heterocycles. The van der Waals surface area contributed by atoms with E-state index in [0.29, 0.717) is 11.4 Å². The number of hydrogen-bond acceptors (Lipinski definition) is 3. The first-order valence-electron chi connectivity index (χ1n) is 7.13. The highest BCUT2D eigenvalue weighted by molar-refractivity contribution is 9.10. The van der Waals surface area contributed by atoms with E-state index in [9.17, 15) is 9.59 Å². The summed E-state index contributed by atoms with van der Waals surface area (Å²) in [5.74, 6) is 0.0610. The third kappa shape index (κ3) is 3.59. The molecular formula is C17H15BrN2O2S. The normalized spacial score (nSPS) is 13.5. The van der Waals surface area contributed by atoms with E-state index >= 15 is 0 Å². The van der Waals surface area contributed by atoms with Crippen molar-refractivity contribution in [3.8, 4) is 0 Å². The van der Waals surface area contributed by atoms with Crippen molar-refractivity contribution in [2.75, 3.05) is 22.5 Å². The lowest BCUT2D eigenvalue weighted by atomic mass is 10.2. The number of carbonyl (C=O) groups is 2. The van der Waals surface area contributed by atoms with Gasteiger partial charge in [-0.25, -0.2) is 0 Å². The molecule has 3 rings (SSSR count). The molecule has 2 aromatic rings. The Morgan fingerprint density at radius 3 is 2.87 bits per heavy atom. The van der Waals surface area contributed by atoms with Crippen molar-refractivity contribution < 1.29 is 9.59 Å². The smallest absolute Gasteiger partial charge is 0.244 e. The Hall–Kier alpha value is -1.79. The molecule has 0 unspecified atom stereocenters. The van der Waals surface area contributed by atoms with Crippen molar-refractivity contribution in [1.82, 2.24) is 0 Å². The minimum absolute atomic E-state index is 0.0652. The number of halogens is 1. The first-order valence-corrected chi connectivity index (χ1v) is 8.90. The summed E-state index contributed by atoms with van der Waals surface area (Å²) < 4.78 is 1.02. The van der Waals surface area contributed by atoms with Crippen molar-refractivity contribution in [2.45, 2.75) is 11.8 Å². The van der Waals surface area contributed by atoms with Crippen LogP contribution in [0.3, 0.4) is 0 Å². The van der Waals surface area contributed by atoms with Gasteiger partial charge in [0.1, 0.15) is 6.54 Å². The Balaban J connectivity index is 1.75. The van der Waals surface area contributed by atoms with Gasteiger partial charge in [-0.05, 0) is 42.8 Å². The summed E-state index contributed by atoms with van der Waals surface area (Å²) >= 11 is 4.92. The standard InChI is InChI=1S/C17H15BrN2O2S/c1-11-8-12(18)6-7-15(11)23-10-17(22)20-9-16(21)19-13-4-2-3-5-14(13)20/h2-8H,9-10H2,1H3,(H,19,21). The summed E-state index contributed by atoms with van der Waals surface area (Å²) in [5.41, 5.74) is 2.56. The molecule has 2 amide bonds. The highest BCUT2D eigenvalue weighted by atomic mass is 79.9. The number of nitrogens with one attached hydrogen (secondary N) is 1. The van der Waals surface area contributed by atoms with Gasteiger partial charge < -0.3 is 10.2 Å². The van der Waals surface area contributed by atoms with Crippen molar-refractivity contribution in [1.29, 1.82) is 0 Å². The maximum atomic E-state index is 12.6. The molecule has 0 aromatic heterocycles. The second kappa shape index (κ2) is 6.76. The van der Waals surface area contributed by atoms with Crippen LogP contribution in [0.25, 0.3) is 0 Å². The van der Waals surface area contributed by atoms with E-state index in [1.54, 1.807) is 11.0 Å². The number of benzene rings is 2. The summed E-state index contributed by atoms with van der Waals surface area (Å²) in [5, 5.41) is 2.79. The fraction of sp³-hybridized carbons (Fsp3) is 0.176. The number of para-hydroxylation sites is 2. The molecule has 2 aromatic carbocycles. The third-order valence-electron chi connectivity index (χ3n) is 3.56. The maximum absolute atomic E-state index is 12.6. The molecular weight excluding hydrogens is 376 g/mol. The van der Waals surface area contributed by atoms with Crippen LogP contribution in [0.1, 0.15) is 5.56 Å². The number of nitrogens with zero attached hydrogens (tertiary/aromatic N) is 1. The number of aryl methyl sites for hydroxylation is 1. The summed E-state index contributed by atoms with van der Waals surface area (Å²) in [6.07, 6.45) is 0. The molecule has 0 fully saturated rings. The SMILES string of the molecule is Cc1cc(Br)ccc1SCC(=O)N1CC(=O)Nc2ccccc21. The van der Waals surface area contributed by atoms with Gasteiger partial charge in [-0.3, -0.25) is 9.59 Å². The van der Waals surface area contributed by atoms with Gasteiger partial charge in [-0.1, -0.05) is 28.1 Å². The van der Waals surface area contributed by atoms with E-state index in [2.05, 4.69) is 21.2 Å². The first-order chi connectivity index (χ1) is 11.0. The van der Waals surface area contributed by atoms with Crippen LogP contribution in [0.15, 0.2) is 51.8 Å². The van der Waals surface area contributed by atoms with E-state index in [1.807, 2.05) is 43.3 Å². The van der Waals surface area contributed by atoms with Crippen LogP contribution >= 0.6 is 27.7 Å². The van der Waals surface area contributed by atoms with E-state index in [0.717, 1.165) is 20.6 Å². The Bertz CT molecular complexity index is 779. The lowest BCUT2D eigenvalue weighted by Crippen LogP contribution is -2.43. The highest BCUT2D eigenvalue weighted by Crippen LogP contribution is 2.31. The average molecular weight is 391 g/mol. The molecule has 1 aliphatic rings. The van der Waals surface area contributed by atoms with Gasteiger partial charge in [0.05, 0.1) is 17.1 Å². The summed E-state index contributed by atoms with van der Waals surface area (Å²) in [6.45, 7) is 2.08. The Morgan fingerprint density at radius 1 is 1.30 bits per heavy atom. The van der Waals surface area contributed by atoms with Crippen LogP contribution in [0.5, 0.6) is 0 Å². The fourth-order valence-corrected chi connectivity index (χ4v) is 3.81. The summed E-state index contributed by atoms with van der Waals surface area (Å²) in [7, 11) is 0. The molecule has 0 bridgehead atoms. The maximum Gasteiger partial charge on any atom is 0.244 e. The molecule has 0 atom stereocenters. The average Bonchev–Trinajstić information content (AvgIpc) is 2.53. The topological polar surface area (TPSA) is 49.4 Å². The molecule has 1 N–H and O–H groups in total. The lowest BCUT2D eigenvalue weighted by molar-refractivity contribution is -0.120. The Kier molecular flexibility index (Phi) is 4.73. The largest absolute Gasteiger partial charge is 0.323 e. The van der Waals surface area contributed by atoms with E-state index < -0.39 is 0 Å². The molecule has 4 nitrogen and oxygen atoms in total. The van der Waals surface area contributed by atoms with Gasteiger partial charge in [-0.15, -0.1) is 11.8 Å². The van der Waals surface area contributed by atoms with Crippen LogP contribution in [0, 0.1) is 6.92 Å². The van der Waals surface area contributed by atoms with Crippen molar-refractivity contribution in [3.63, 3.8) is 0 Å². The van der Waals surface area contributed by atoms with Gasteiger partial charge in [0.25, 0.3) is 0 Å². The van der Waals surface area contributed by atoms with E-state index in [4.69, 9.17) is 0 Å². The molecule has 0 radical (unpaired) electrons. The number of carbonyl (C=O) groups excluding carboxylic acids is 2. The zero-order chi connectivity index (χ0) is 16.4. The number of rotatable bonds is 3. The van der Waals surface area contributed by atoms with Crippen molar-refractivity contribution in [2.24, 2.45) is 0 Å². The van der Waals surface area contributed by atoms with Crippen LogP contribution in [0.4, 0.5) is 11.4 Å². The Labute approximate surface area is 147 Å². The predicted molar refractivity (Wildman–Crippen MR) is 97.0 cm³/mol. The van der Waals surface area contributed by atoms with E-state index in [1.165, 1.54) is 11.8 Å². The van der Waals surface area contributed by atoms with Gasteiger partial charge in [0.15, 0.2) is 0 Å². The molecule has 1 aliphatic heterocycles. The highest BCUT2D eigenvalue weighted by Gasteiger charge is 2.26. The molecule has 1 heterocycles. The number of anilines is 2. The quantitative estimate of drug-likeness (QED) is 0.809. The molecule has 0 aliphatic carbocycles. The summed E-state index contributed by atoms with van der Waals surface area (Å²) in [4.78, 5) is 27.0. The first kappa shape index (κ1) is 16.1. The predicted octanol–water partition coefficient (Wildman–Crippen LogP) is 3.83. The lowest BCUT2D eigenvalue weighted by Gasteiger charge is -2.29. The van der Waals surface area contributed by atoms with Crippen LogP contribution in [0.2, 0.25) is 0 Å². The zero-order valence-corrected chi connectivity index (χ0v) is 14.9. The molecule has 6 heteroatoms. The number of amides is 2. The number of thioether (sulfide) groups is 1. The number of hydrogen-bond donors (Lipinski definition) is 1. The fourth-order valence-electron chi connectivity index (χ4n) is 2.45. The van der Waals surface area contributed by atoms with Gasteiger partial charge in [-0.2, -0.15) is 0 Å². The van der Waals surface area contributed by atoms with E-state index in [-0.39, 0.29) is 18.4 Å². The van der Waals surface area contributed by atoms with Crippen LogP contribution in [-0.4, -0.2) is 24.1 Å². The second-order valence-corrected chi connectivity index (χ2v) is 7.18. The molecule has 118 valence electrons. The second-order valence-electron chi connectivity index (χ2n) is 5.24.